The third kappa shape index (κ3) is 2.37. The molecule has 2 rings (SSSR count). The number of rotatable bonds is 3. The van der Waals surface area contributed by atoms with E-state index in [0.717, 1.165) is 29.2 Å². The summed E-state index contributed by atoms with van der Waals surface area (Å²) < 4.78 is 0. The van der Waals surface area contributed by atoms with Gasteiger partial charge in [-0.3, -0.25) is 0 Å². The van der Waals surface area contributed by atoms with E-state index < -0.39 is 0 Å². The maximum atomic E-state index is 6.15. The van der Waals surface area contributed by atoms with Crippen LogP contribution in [0.4, 0.5) is 0 Å². The number of benzene rings is 1. The molecule has 1 N–H and O–H groups in total. The number of nitrogens with one attached hydrogen (secondary N) is 1. The van der Waals surface area contributed by atoms with Crippen LogP contribution < -0.4 is 0 Å². The summed E-state index contributed by atoms with van der Waals surface area (Å²) in [5.74, 6) is 0.919. The average Bonchev–Trinajstić information content (AvgIpc) is 2.73. The first-order chi connectivity index (χ1) is 8.13. The lowest BCUT2D eigenvalue weighted by Crippen LogP contribution is -1.91. The molecule has 0 amide bonds. The van der Waals surface area contributed by atoms with E-state index in [1.165, 1.54) is 5.56 Å². The minimum atomic E-state index is -0.0565. The molecule has 0 spiro atoms. The van der Waals surface area contributed by atoms with E-state index in [1.807, 2.05) is 19.1 Å². The lowest BCUT2D eigenvalue weighted by atomic mass is 10.1. The van der Waals surface area contributed by atoms with Crippen molar-refractivity contribution in [3.8, 4) is 11.4 Å². The average molecular weight is 249 g/mol. The van der Waals surface area contributed by atoms with Crippen molar-refractivity contribution in [2.24, 2.45) is 0 Å². The Kier molecular flexibility index (Phi) is 3.53. The Labute approximate surface area is 107 Å². The predicted molar refractivity (Wildman–Crippen MR) is 72.4 cm³/mol. The summed E-state index contributed by atoms with van der Waals surface area (Å²) >= 11 is 6.15. The van der Waals surface area contributed by atoms with E-state index in [2.05, 4.69) is 35.9 Å². The van der Waals surface area contributed by atoms with Gasteiger partial charge >= 0.3 is 0 Å². The van der Waals surface area contributed by atoms with Crippen LogP contribution in [0.3, 0.4) is 0 Å². The maximum absolute atomic E-state index is 6.15. The highest BCUT2D eigenvalue weighted by Crippen LogP contribution is 2.27. The van der Waals surface area contributed by atoms with Crippen molar-refractivity contribution in [1.82, 2.24) is 9.97 Å². The number of nitrogens with zero attached hydrogens (tertiary/aromatic N) is 1. The summed E-state index contributed by atoms with van der Waals surface area (Å²) in [5.41, 5.74) is 4.46. The maximum Gasteiger partial charge on any atom is 0.138 e. The van der Waals surface area contributed by atoms with Crippen LogP contribution in [0.25, 0.3) is 11.4 Å². The van der Waals surface area contributed by atoms with Gasteiger partial charge in [-0.15, -0.1) is 11.6 Å². The molecule has 0 aliphatic carbocycles. The summed E-state index contributed by atoms with van der Waals surface area (Å²) in [4.78, 5) is 8.00. The SMILES string of the molecule is CCc1[nH]c(-c2ccccc2C)nc1C(C)Cl. The smallest absolute Gasteiger partial charge is 0.138 e. The normalized spacial score (nSPS) is 12.7. The van der Waals surface area contributed by atoms with Gasteiger partial charge in [-0.25, -0.2) is 4.98 Å². The van der Waals surface area contributed by atoms with Gasteiger partial charge in [0.2, 0.25) is 0 Å². The highest BCUT2D eigenvalue weighted by atomic mass is 35.5. The monoisotopic (exact) mass is 248 g/mol. The first kappa shape index (κ1) is 12.2. The minimum absolute atomic E-state index is 0.0565. The van der Waals surface area contributed by atoms with E-state index in [0.29, 0.717) is 0 Å². The van der Waals surface area contributed by atoms with E-state index >= 15 is 0 Å². The summed E-state index contributed by atoms with van der Waals surface area (Å²) in [5, 5.41) is -0.0565. The Morgan fingerprint density at radius 1 is 1.35 bits per heavy atom. The van der Waals surface area contributed by atoms with Gasteiger partial charge in [0.25, 0.3) is 0 Å². The van der Waals surface area contributed by atoms with Crippen LogP contribution >= 0.6 is 11.6 Å². The molecule has 1 aromatic heterocycles. The van der Waals surface area contributed by atoms with Gasteiger partial charge in [0, 0.05) is 11.3 Å². The van der Waals surface area contributed by atoms with Crippen LogP contribution in [-0.2, 0) is 6.42 Å². The fourth-order valence-electron chi connectivity index (χ4n) is 1.99. The van der Waals surface area contributed by atoms with Crippen LogP contribution in [0.15, 0.2) is 24.3 Å². The molecule has 3 heteroatoms. The fourth-order valence-corrected chi connectivity index (χ4v) is 2.17. The highest BCUT2D eigenvalue weighted by Gasteiger charge is 2.14. The second-order valence-electron chi connectivity index (χ2n) is 4.23. The molecule has 1 heterocycles. The van der Waals surface area contributed by atoms with Crippen LogP contribution in [-0.4, -0.2) is 9.97 Å². The number of alkyl halides is 1. The number of aromatic amines is 1. The Balaban J connectivity index is 2.51. The Bertz CT molecular complexity index is 515. The van der Waals surface area contributed by atoms with Crippen molar-refractivity contribution in [3.05, 3.63) is 41.2 Å². The summed E-state index contributed by atoms with van der Waals surface area (Å²) in [6, 6.07) is 8.23. The van der Waals surface area contributed by atoms with Gasteiger partial charge in [0.1, 0.15) is 5.82 Å². The molecule has 2 nitrogen and oxygen atoms in total. The van der Waals surface area contributed by atoms with Crippen LogP contribution in [0.1, 0.15) is 36.2 Å². The highest BCUT2D eigenvalue weighted by molar-refractivity contribution is 6.20. The molecule has 0 bridgehead atoms. The molecule has 90 valence electrons. The molecule has 1 aromatic carbocycles. The molecule has 0 saturated heterocycles. The third-order valence-electron chi connectivity index (χ3n) is 2.94. The number of aryl methyl sites for hydroxylation is 2. The quantitative estimate of drug-likeness (QED) is 0.809. The van der Waals surface area contributed by atoms with Crippen molar-refractivity contribution in [3.63, 3.8) is 0 Å². The van der Waals surface area contributed by atoms with E-state index in [-0.39, 0.29) is 5.38 Å². The first-order valence-electron chi connectivity index (χ1n) is 5.92. The molecule has 0 radical (unpaired) electrons. The Hall–Kier alpha value is -1.28. The van der Waals surface area contributed by atoms with Crippen molar-refractivity contribution in [2.45, 2.75) is 32.6 Å². The summed E-state index contributed by atoms with van der Waals surface area (Å²) in [7, 11) is 0. The zero-order chi connectivity index (χ0) is 12.4. The number of imidazole rings is 1. The lowest BCUT2D eigenvalue weighted by Gasteiger charge is -2.00. The summed E-state index contributed by atoms with van der Waals surface area (Å²) in [6.45, 7) is 6.16. The van der Waals surface area contributed by atoms with Crippen LogP contribution in [0.2, 0.25) is 0 Å². The van der Waals surface area contributed by atoms with Gasteiger partial charge in [-0.1, -0.05) is 31.2 Å². The zero-order valence-electron chi connectivity index (χ0n) is 10.4. The number of aromatic nitrogens is 2. The van der Waals surface area contributed by atoms with Crippen molar-refractivity contribution in [1.29, 1.82) is 0 Å². The molecule has 17 heavy (non-hydrogen) atoms. The van der Waals surface area contributed by atoms with Crippen LogP contribution in [0.5, 0.6) is 0 Å². The van der Waals surface area contributed by atoms with Gasteiger partial charge < -0.3 is 4.98 Å². The number of hydrogen-bond acceptors (Lipinski definition) is 1. The van der Waals surface area contributed by atoms with Gasteiger partial charge in [-0.2, -0.15) is 0 Å². The predicted octanol–water partition coefficient (Wildman–Crippen LogP) is 4.25. The zero-order valence-corrected chi connectivity index (χ0v) is 11.2. The second-order valence-corrected chi connectivity index (χ2v) is 4.89. The molecule has 0 aliphatic heterocycles. The molecule has 0 fully saturated rings. The van der Waals surface area contributed by atoms with Crippen LogP contribution in [0, 0.1) is 6.92 Å². The lowest BCUT2D eigenvalue weighted by molar-refractivity contribution is 0.953. The topological polar surface area (TPSA) is 28.7 Å². The molecular weight excluding hydrogens is 232 g/mol. The summed E-state index contributed by atoms with van der Waals surface area (Å²) in [6.07, 6.45) is 0.922. The number of hydrogen-bond donors (Lipinski definition) is 1. The van der Waals surface area contributed by atoms with E-state index in [9.17, 15) is 0 Å². The van der Waals surface area contributed by atoms with Crippen molar-refractivity contribution >= 4 is 11.6 Å². The second kappa shape index (κ2) is 4.92. The first-order valence-corrected chi connectivity index (χ1v) is 6.36. The van der Waals surface area contributed by atoms with Crippen molar-refractivity contribution < 1.29 is 0 Å². The standard InChI is InChI=1S/C14H17ClN2/c1-4-12-13(10(3)15)17-14(16-12)11-8-6-5-7-9(11)2/h5-8,10H,4H2,1-3H3,(H,16,17). The van der Waals surface area contributed by atoms with Gasteiger partial charge in [0.15, 0.2) is 0 Å². The Morgan fingerprint density at radius 2 is 2.06 bits per heavy atom. The van der Waals surface area contributed by atoms with Crippen molar-refractivity contribution in [2.75, 3.05) is 0 Å². The number of halogens is 1. The fraction of sp³-hybridized carbons (Fsp3) is 0.357. The van der Waals surface area contributed by atoms with E-state index in [4.69, 9.17) is 11.6 Å². The molecule has 0 saturated carbocycles. The van der Waals surface area contributed by atoms with Gasteiger partial charge in [0.05, 0.1) is 11.1 Å². The minimum Gasteiger partial charge on any atom is -0.342 e. The molecule has 0 aliphatic rings. The van der Waals surface area contributed by atoms with E-state index in [1.54, 1.807) is 0 Å². The number of H-pyrrole nitrogens is 1. The van der Waals surface area contributed by atoms with Gasteiger partial charge in [-0.05, 0) is 25.8 Å². The molecule has 1 atom stereocenters. The Morgan fingerprint density at radius 3 is 2.59 bits per heavy atom. The molecular formula is C14H17ClN2. The third-order valence-corrected chi connectivity index (χ3v) is 3.15. The molecule has 1 unspecified atom stereocenters. The molecule has 2 aromatic rings. The largest absolute Gasteiger partial charge is 0.342 e.